The topological polar surface area (TPSA) is 75.6 Å². The van der Waals surface area contributed by atoms with E-state index in [4.69, 9.17) is 0 Å². The quantitative estimate of drug-likeness (QED) is 0.785. The Hall–Kier alpha value is -1.14. The molecule has 0 radical (unpaired) electrons. The average Bonchev–Trinajstić information content (AvgIpc) is 3.34. The van der Waals surface area contributed by atoms with E-state index in [1.54, 1.807) is 6.08 Å². The molecule has 1 N–H and O–H groups in total. The molecule has 0 aromatic heterocycles. The zero-order chi connectivity index (χ0) is 15.3. The Labute approximate surface area is 132 Å². The van der Waals surface area contributed by atoms with Crippen LogP contribution in [0.3, 0.4) is 0 Å². The maximum absolute atomic E-state index is 11.8. The lowest BCUT2D eigenvalue weighted by atomic mass is 9.65. The maximum atomic E-state index is 11.8. The largest absolute Gasteiger partial charge is 0.316 e. The van der Waals surface area contributed by atoms with Crippen LogP contribution in [0.25, 0.3) is 0 Å². The summed E-state index contributed by atoms with van der Waals surface area (Å²) < 4.78 is 11.8. The minimum Gasteiger partial charge on any atom is -0.306 e. The monoisotopic (exact) mass is 320 g/mol. The van der Waals surface area contributed by atoms with Gasteiger partial charge in [-0.2, -0.15) is 0 Å². The molecule has 3 atom stereocenters. The van der Waals surface area contributed by atoms with E-state index in [2.05, 4.69) is 10.5 Å². The van der Waals surface area contributed by atoms with Crippen LogP contribution >= 0.6 is 0 Å². The second-order valence-electron chi connectivity index (χ2n) is 6.99. The van der Waals surface area contributed by atoms with Crippen LogP contribution in [-0.4, -0.2) is 33.7 Å². The molecule has 0 bridgehead atoms. The van der Waals surface area contributed by atoms with Gasteiger partial charge in [-0.05, 0) is 37.0 Å². The van der Waals surface area contributed by atoms with E-state index in [-0.39, 0.29) is 17.4 Å². The Kier molecular flexibility index (Phi) is 3.42. The lowest BCUT2D eigenvalue weighted by Crippen LogP contribution is -2.45. The van der Waals surface area contributed by atoms with Crippen molar-refractivity contribution < 1.29 is 9.00 Å². The number of hydrogen-bond donors (Lipinski definition) is 1. The maximum Gasteiger partial charge on any atom is 0.316 e. The number of carbonyl (C=O) groups excluding carboxylic acids is 1. The van der Waals surface area contributed by atoms with Crippen LogP contribution in [0.15, 0.2) is 29.0 Å². The molecule has 5 nitrogen and oxygen atoms in total. The molecule has 4 aliphatic rings. The summed E-state index contributed by atoms with van der Waals surface area (Å²) in [4.78, 5) is 22.2. The summed E-state index contributed by atoms with van der Waals surface area (Å²) in [6.07, 6.45) is 10.1. The van der Waals surface area contributed by atoms with Crippen molar-refractivity contribution in [2.75, 3.05) is 11.5 Å². The van der Waals surface area contributed by atoms with Crippen molar-refractivity contribution in [3.8, 4) is 0 Å². The zero-order valence-electron chi connectivity index (χ0n) is 12.4. The van der Waals surface area contributed by atoms with Crippen molar-refractivity contribution in [2.24, 2.45) is 22.4 Å². The molecule has 3 unspecified atom stereocenters. The molecule has 0 aromatic carbocycles. The first-order chi connectivity index (χ1) is 10.6. The molecule has 2 heterocycles. The second kappa shape index (κ2) is 5.20. The van der Waals surface area contributed by atoms with E-state index in [1.807, 2.05) is 12.2 Å². The number of rotatable bonds is 2. The summed E-state index contributed by atoms with van der Waals surface area (Å²) in [7, 11) is -0.703. The molecular formula is C16H20N2O3S. The minimum absolute atomic E-state index is 0.0823. The van der Waals surface area contributed by atoms with Gasteiger partial charge in [0, 0.05) is 51.1 Å². The number of nitrogens with one attached hydrogen (secondary N) is 1. The minimum atomic E-state index is -0.703. The molecule has 2 saturated heterocycles. The van der Waals surface area contributed by atoms with E-state index in [9.17, 15) is 13.9 Å². The van der Waals surface area contributed by atoms with Crippen LogP contribution in [0.1, 0.15) is 25.7 Å². The number of hydrogen-bond acceptors (Lipinski definition) is 4. The summed E-state index contributed by atoms with van der Waals surface area (Å²) in [6, 6.07) is 0.666. The number of nitrogens with zero attached hydrogens (tertiary/aromatic N) is 1. The predicted molar refractivity (Wildman–Crippen MR) is 84.5 cm³/mol. The number of nitroso groups, excluding NO2 is 1. The van der Waals surface area contributed by atoms with Gasteiger partial charge >= 0.3 is 5.91 Å². The highest BCUT2D eigenvalue weighted by atomic mass is 32.2. The molecule has 6 heteroatoms. The molecule has 22 heavy (non-hydrogen) atoms. The van der Waals surface area contributed by atoms with Gasteiger partial charge in [0.05, 0.1) is 0 Å². The van der Waals surface area contributed by atoms with Gasteiger partial charge in [0.1, 0.15) is 0 Å². The van der Waals surface area contributed by atoms with Gasteiger partial charge in [-0.3, -0.25) is 9.00 Å². The van der Waals surface area contributed by atoms with Crippen molar-refractivity contribution >= 4 is 16.7 Å². The first-order valence-corrected chi connectivity index (χ1v) is 9.51. The highest BCUT2D eigenvalue weighted by Crippen LogP contribution is 2.56. The zero-order valence-corrected chi connectivity index (χ0v) is 13.2. The number of amides is 1. The Morgan fingerprint density at radius 2 is 2.05 bits per heavy atom. The Morgan fingerprint density at radius 1 is 1.32 bits per heavy atom. The molecule has 0 aromatic rings. The van der Waals surface area contributed by atoms with E-state index in [1.165, 1.54) is 12.8 Å². The molecule has 4 rings (SSSR count). The summed E-state index contributed by atoms with van der Waals surface area (Å²) >= 11 is 0. The second-order valence-corrected chi connectivity index (χ2v) is 8.69. The molecule has 1 amide bonds. The van der Waals surface area contributed by atoms with Crippen LogP contribution in [0.5, 0.6) is 0 Å². The summed E-state index contributed by atoms with van der Waals surface area (Å²) in [6.45, 7) is 0. The Balaban J connectivity index is 1.70. The van der Waals surface area contributed by atoms with Gasteiger partial charge in [0.15, 0.2) is 0 Å². The van der Waals surface area contributed by atoms with E-state index >= 15 is 0 Å². The third-order valence-corrected chi connectivity index (χ3v) is 7.22. The number of fused-ring (bicyclic) bond motifs is 2. The van der Waals surface area contributed by atoms with E-state index in [0.717, 1.165) is 24.3 Å². The van der Waals surface area contributed by atoms with Gasteiger partial charge in [0.25, 0.3) is 0 Å². The molecule has 118 valence electrons. The lowest BCUT2D eigenvalue weighted by Gasteiger charge is -2.42. The first kappa shape index (κ1) is 14.5. The van der Waals surface area contributed by atoms with Crippen molar-refractivity contribution in [2.45, 2.75) is 37.8 Å². The summed E-state index contributed by atoms with van der Waals surface area (Å²) in [5.41, 5.74) is 0.499. The molecule has 2 aliphatic carbocycles. The lowest BCUT2D eigenvalue weighted by molar-refractivity contribution is -0.114. The molecule has 1 saturated carbocycles. The molecule has 3 fully saturated rings. The van der Waals surface area contributed by atoms with Gasteiger partial charge in [-0.1, -0.05) is 18.2 Å². The fourth-order valence-electron chi connectivity index (χ4n) is 4.65. The van der Waals surface area contributed by atoms with Crippen molar-refractivity contribution in [1.29, 1.82) is 0 Å². The molecular weight excluding hydrogens is 300 g/mol. The normalized spacial score (nSPS) is 43.7. The van der Waals surface area contributed by atoms with Crippen molar-refractivity contribution in [1.82, 2.24) is 5.32 Å². The number of carbonyl (C=O) groups is 1. The van der Waals surface area contributed by atoms with E-state index < -0.39 is 16.7 Å². The van der Waals surface area contributed by atoms with E-state index in [0.29, 0.717) is 17.5 Å². The van der Waals surface area contributed by atoms with Gasteiger partial charge in [-0.15, -0.1) is 4.91 Å². The Morgan fingerprint density at radius 3 is 2.68 bits per heavy atom. The third-order valence-electron chi connectivity index (χ3n) is 5.90. The van der Waals surface area contributed by atoms with Gasteiger partial charge in [-0.25, -0.2) is 0 Å². The highest BCUT2D eigenvalue weighted by molar-refractivity contribution is 7.85. The first-order valence-electron chi connectivity index (χ1n) is 8.03. The van der Waals surface area contributed by atoms with Gasteiger partial charge in [0.2, 0.25) is 0 Å². The molecule has 2 aliphatic heterocycles. The van der Waals surface area contributed by atoms with Crippen LogP contribution in [-0.2, 0) is 15.6 Å². The van der Waals surface area contributed by atoms with Crippen LogP contribution < -0.4 is 5.32 Å². The van der Waals surface area contributed by atoms with Crippen LogP contribution in [0, 0.1) is 22.2 Å². The highest BCUT2D eigenvalue weighted by Gasteiger charge is 2.58. The third kappa shape index (κ3) is 2.15. The fraction of sp³-hybridized carbons (Fsp3) is 0.688. The summed E-state index contributed by atoms with van der Waals surface area (Å²) in [5.74, 6) is 1.74. The molecule has 1 spiro atoms. The SMILES string of the molecule is O=NC(=O)C1=CC2C(C=C1)NC(C1CC1)C21CCS(=O)CC1. The predicted octanol–water partition coefficient (Wildman–Crippen LogP) is 1.67. The standard InChI is InChI=1S/C16H20N2O3S/c19-15(18-20)11-3-4-13-12(9-11)16(5-7-22(21)8-6-16)14(17-13)10-1-2-10/h3-4,9-10,12-14,17H,1-2,5-8H2. The van der Waals surface area contributed by atoms with Crippen molar-refractivity contribution in [3.05, 3.63) is 28.7 Å². The van der Waals surface area contributed by atoms with Gasteiger partial charge < -0.3 is 5.32 Å². The summed E-state index contributed by atoms with van der Waals surface area (Å²) in [5, 5.41) is 6.32. The van der Waals surface area contributed by atoms with Crippen molar-refractivity contribution in [3.63, 3.8) is 0 Å². The average molecular weight is 320 g/mol. The Bertz CT molecular complexity index is 599. The smallest absolute Gasteiger partial charge is 0.306 e. The van der Waals surface area contributed by atoms with Crippen LogP contribution in [0.4, 0.5) is 0 Å². The van der Waals surface area contributed by atoms with Crippen LogP contribution in [0.2, 0.25) is 0 Å². The fourth-order valence-corrected chi connectivity index (χ4v) is 6.07.